The molecule has 0 spiro atoms. The van der Waals surface area contributed by atoms with Gasteiger partial charge in [0.05, 0.1) is 25.7 Å². The van der Waals surface area contributed by atoms with Gasteiger partial charge in [-0.1, -0.05) is 24.0 Å². The van der Waals surface area contributed by atoms with Crippen LogP contribution in [0.4, 0.5) is 0 Å². The third-order valence-corrected chi connectivity index (χ3v) is 6.83. The van der Waals surface area contributed by atoms with E-state index in [0.29, 0.717) is 24.1 Å². The highest BCUT2D eigenvalue weighted by Crippen LogP contribution is 2.40. The van der Waals surface area contributed by atoms with Crippen LogP contribution in [0.3, 0.4) is 0 Å². The number of fused-ring (bicyclic) bond motifs is 1. The minimum Gasteiger partial charge on any atom is -0.872 e. The third kappa shape index (κ3) is 4.53. The van der Waals surface area contributed by atoms with Gasteiger partial charge in [0.15, 0.2) is 0 Å². The van der Waals surface area contributed by atoms with Gasteiger partial charge in [-0.15, -0.1) is 0 Å². The molecule has 2 aromatic carbocycles. The number of rotatable bonds is 8. The number of likely N-dealkylation sites (tertiary alicyclic amines) is 1. The second-order valence-electron chi connectivity index (χ2n) is 9.08. The number of hydrogen-bond acceptors (Lipinski definition) is 5. The number of phenolic OH excluding ortho intramolecular Hbond substituents is 1. The Bertz CT molecular complexity index is 1100. The summed E-state index contributed by atoms with van der Waals surface area (Å²) in [5.74, 6) is -0.997. The molecule has 2 aliphatic rings. The summed E-state index contributed by atoms with van der Waals surface area (Å²) in [6, 6.07) is 10.8. The summed E-state index contributed by atoms with van der Waals surface area (Å²) >= 11 is 0. The summed E-state index contributed by atoms with van der Waals surface area (Å²) < 4.78 is 5.73. The first-order valence-electron chi connectivity index (χ1n) is 12.0. The molecule has 2 heterocycles. The number of nitrogens with one attached hydrogen (secondary N) is 1. The number of quaternary nitrogens is 1. The van der Waals surface area contributed by atoms with Crippen molar-refractivity contribution in [1.29, 1.82) is 0 Å². The van der Waals surface area contributed by atoms with E-state index < -0.39 is 23.5 Å². The van der Waals surface area contributed by atoms with Crippen LogP contribution in [0.2, 0.25) is 0 Å². The average molecular weight is 465 g/mol. The van der Waals surface area contributed by atoms with E-state index in [1.807, 2.05) is 6.92 Å². The van der Waals surface area contributed by atoms with Gasteiger partial charge in [-0.25, -0.2) is 0 Å². The van der Waals surface area contributed by atoms with E-state index in [2.05, 4.69) is 13.8 Å². The number of phenols is 1. The Balaban J connectivity index is 1.72. The summed E-state index contributed by atoms with van der Waals surface area (Å²) in [7, 11) is 0. The maximum Gasteiger partial charge on any atom is 0.295 e. The topological polar surface area (TPSA) is 94.3 Å². The molecule has 0 bridgehead atoms. The molecular formula is C27H32N2O5. The fourth-order valence-electron chi connectivity index (χ4n) is 4.93. The Morgan fingerprint density at radius 2 is 1.85 bits per heavy atom. The molecule has 1 amide bonds. The summed E-state index contributed by atoms with van der Waals surface area (Å²) in [6.45, 7) is 9.44. The van der Waals surface area contributed by atoms with E-state index in [0.717, 1.165) is 37.4 Å². The van der Waals surface area contributed by atoms with E-state index in [-0.39, 0.29) is 17.4 Å². The van der Waals surface area contributed by atoms with Crippen LogP contribution in [-0.2, 0) is 16.0 Å². The van der Waals surface area contributed by atoms with Crippen LogP contribution in [0.15, 0.2) is 48.0 Å². The zero-order valence-corrected chi connectivity index (χ0v) is 20.0. The van der Waals surface area contributed by atoms with Gasteiger partial charge in [-0.3, -0.25) is 9.59 Å². The number of aromatic hydroxyl groups is 1. The minimum absolute atomic E-state index is 0.0298. The molecule has 180 valence electrons. The lowest BCUT2D eigenvalue weighted by molar-refractivity contribution is -0.896. The zero-order valence-electron chi connectivity index (χ0n) is 20.0. The highest BCUT2D eigenvalue weighted by atomic mass is 16.5. The van der Waals surface area contributed by atoms with E-state index in [4.69, 9.17) is 4.74 Å². The van der Waals surface area contributed by atoms with Gasteiger partial charge < -0.3 is 24.7 Å². The van der Waals surface area contributed by atoms with E-state index >= 15 is 0 Å². The number of carbonyl (C=O) groups is 2. The summed E-state index contributed by atoms with van der Waals surface area (Å²) in [5.41, 5.74) is 1.91. The molecule has 2 aliphatic heterocycles. The molecular weight excluding hydrogens is 432 g/mol. The fourth-order valence-corrected chi connectivity index (χ4v) is 4.93. The Hall–Kier alpha value is -3.32. The van der Waals surface area contributed by atoms with Crippen molar-refractivity contribution in [2.45, 2.75) is 45.8 Å². The van der Waals surface area contributed by atoms with E-state index in [1.165, 1.54) is 21.9 Å². The van der Waals surface area contributed by atoms with Gasteiger partial charge in [0.2, 0.25) is 5.78 Å². The van der Waals surface area contributed by atoms with E-state index in [9.17, 15) is 19.8 Å². The average Bonchev–Trinajstić information content (AvgIpc) is 3.32. The summed E-state index contributed by atoms with van der Waals surface area (Å²) in [5, 5.41) is 23.4. The van der Waals surface area contributed by atoms with Crippen molar-refractivity contribution < 1.29 is 29.4 Å². The molecule has 4 rings (SSSR count). The highest BCUT2D eigenvalue weighted by Gasteiger charge is 2.44. The SMILES string of the molecule is CC[NH+](CC)CCCN1C(=O)C(=O)C(=C([O-])c2ccc3c(c2)CC(C)O3)C1c1ccc(O)cc1. The van der Waals surface area contributed by atoms with Crippen molar-refractivity contribution in [2.75, 3.05) is 26.2 Å². The second kappa shape index (κ2) is 9.89. The van der Waals surface area contributed by atoms with Gasteiger partial charge in [0, 0.05) is 25.0 Å². The number of benzene rings is 2. The van der Waals surface area contributed by atoms with Crippen molar-refractivity contribution in [1.82, 2.24) is 4.90 Å². The molecule has 2 N–H and O–H groups in total. The van der Waals surface area contributed by atoms with Crippen LogP contribution < -0.4 is 14.7 Å². The predicted octanol–water partition coefficient (Wildman–Crippen LogP) is 1.25. The second-order valence-corrected chi connectivity index (χ2v) is 9.08. The predicted molar refractivity (Wildman–Crippen MR) is 126 cm³/mol. The highest BCUT2D eigenvalue weighted by molar-refractivity contribution is 6.46. The minimum atomic E-state index is -0.775. The number of hydrogen-bond donors (Lipinski definition) is 2. The molecule has 0 saturated carbocycles. The Labute approximate surface area is 200 Å². The lowest BCUT2D eigenvalue weighted by atomic mass is 9.94. The lowest BCUT2D eigenvalue weighted by Crippen LogP contribution is -3.11. The molecule has 2 aromatic rings. The normalized spacial score (nSPS) is 21.2. The monoisotopic (exact) mass is 464 g/mol. The van der Waals surface area contributed by atoms with Gasteiger partial charge in [0.1, 0.15) is 17.6 Å². The maximum absolute atomic E-state index is 13.6. The molecule has 2 unspecified atom stereocenters. The first kappa shape index (κ1) is 23.8. The number of nitrogens with zero attached hydrogens (tertiary/aromatic N) is 1. The van der Waals surface area contributed by atoms with Crippen molar-refractivity contribution in [3.8, 4) is 11.5 Å². The molecule has 1 fully saturated rings. The molecule has 0 aliphatic carbocycles. The smallest absolute Gasteiger partial charge is 0.295 e. The first-order valence-corrected chi connectivity index (χ1v) is 12.0. The van der Waals surface area contributed by atoms with Gasteiger partial charge >= 0.3 is 0 Å². The summed E-state index contributed by atoms with van der Waals surface area (Å²) in [6.07, 6.45) is 1.45. The van der Waals surface area contributed by atoms with Crippen LogP contribution in [0, 0.1) is 0 Å². The standard InChI is InChI=1S/C27H32N2O5/c1-4-28(5-2)13-6-14-29-24(18-7-10-21(30)11-8-18)23(26(32)27(29)33)25(31)19-9-12-22-20(16-19)15-17(3)34-22/h7-12,16-17,24,30-31H,4-6,13-15H2,1-3H3. The first-order chi connectivity index (χ1) is 16.3. The largest absolute Gasteiger partial charge is 0.872 e. The molecule has 7 nitrogen and oxygen atoms in total. The quantitative estimate of drug-likeness (QED) is 0.349. The molecule has 2 atom stereocenters. The van der Waals surface area contributed by atoms with Crippen molar-refractivity contribution in [3.05, 3.63) is 64.7 Å². The van der Waals surface area contributed by atoms with E-state index in [1.54, 1.807) is 30.3 Å². The van der Waals surface area contributed by atoms with Gasteiger partial charge in [-0.2, -0.15) is 0 Å². The molecule has 0 radical (unpaired) electrons. The van der Waals surface area contributed by atoms with Crippen molar-refractivity contribution >= 4 is 17.4 Å². The van der Waals surface area contributed by atoms with Gasteiger partial charge in [-0.05, 0) is 61.7 Å². The third-order valence-electron chi connectivity index (χ3n) is 6.83. The maximum atomic E-state index is 13.6. The van der Waals surface area contributed by atoms with Crippen LogP contribution in [0.25, 0.3) is 5.76 Å². The van der Waals surface area contributed by atoms with Crippen LogP contribution in [-0.4, -0.2) is 54.0 Å². The number of amides is 1. The number of Topliss-reactive ketones (excluding diaryl/α,β-unsaturated/α-hetero) is 1. The molecule has 7 heteroatoms. The van der Waals surface area contributed by atoms with Crippen molar-refractivity contribution in [2.24, 2.45) is 0 Å². The summed E-state index contributed by atoms with van der Waals surface area (Å²) in [4.78, 5) is 29.2. The van der Waals surface area contributed by atoms with Crippen LogP contribution in [0.5, 0.6) is 11.5 Å². The van der Waals surface area contributed by atoms with Gasteiger partial charge in [0.25, 0.3) is 5.91 Å². The fraction of sp³-hybridized carbons (Fsp3) is 0.407. The van der Waals surface area contributed by atoms with Crippen LogP contribution >= 0.6 is 0 Å². The zero-order chi connectivity index (χ0) is 24.4. The number of carbonyl (C=O) groups excluding carboxylic acids is 2. The van der Waals surface area contributed by atoms with Crippen molar-refractivity contribution in [3.63, 3.8) is 0 Å². The Morgan fingerprint density at radius 1 is 1.15 bits per heavy atom. The molecule has 1 saturated heterocycles. The number of ketones is 1. The number of ether oxygens (including phenoxy) is 1. The molecule has 0 aromatic heterocycles. The van der Waals surface area contributed by atoms with Crippen LogP contribution in [0.1, 0.15) is 49.9 Å². The Kier molecular flexibility index (Phi) is 6.93. The Morgan fingerprint density at radius 3 is 2.53 bits per heavy atom. The molecule has 34 heavy (non-hydrogen) atoms. The lowest BCUT2D eigenvalue weighted by Gasteiger charge is -2.28.